The van der Waals surface area contributed by atoms with E-state index in [9.17, 15) is 9.18 Å². The van der Waals surface area contributed by atoms with Crippen LogP contribution in [-0.2, 0) is 0 Å². The number of hydrogen-bond donors (Lipinski definition) is 1. The highest BCUT2D eigenvalue weighted by Gasteiger charge is 2.11. The number of nitrogens with zero attached hydrogens (tertiary/aromatic N) is 2. The Kier molecular flexibility index (Phi) is 2.40. The number of aromatic carboxylic acids is 1. The summed E-state index contributed by atoms with van der Waals surface area (Å²) < 4.78 is 17.9. The molecule has 0 atom stereocenters. The van der Waals surface area contributed by atoms with Crippen LogP contribution in [0.15, 0.2) is 22.7 Å². The van der Waals surface area contributed by atoms with Crippen LogP contribution in [0.1, 0.15) is 16.2 Å². The molecule has 0 bridgehead atoms. The van der Waals surface area contributed by atoms with E-state index in [4.69, 9.17) is 9.63 Å². The van der Waals surface area contributed by atoms with Crippen LogP contribution in [0.25, 0.3) is 11.4 Å². The van der Waals surface area contributed by atoms with Crippen LogP contribution >= 0.6 is 0 Å². The number of hydrogen-bond acceptors (Lipinski definition) is 4. The van der Waals surface area contributed by atoms with Crippen LogP contribution in [0.5, 0.6) is 0 Å². The lowest BCUT2D eigenvalue weighted by Gasteiger charge is -1.98. The fourth-order valence-electron chi connectivity index (χ4n) is 1.26. The molecule has 5 nitrogen and oxygen atoms in total. The third-order valence-corrected chi connectivity index (χ3v) is 1.93. The Morgan fingerprint density at radius 1 is 1.44 bits per heavy atom. The van der Waals surface area contributed by atoms with Crippen molar-refractivity contribution in [2.75, 3.05) is 0 Å². The predicted octanol–water partition coefficient (Wildman–Crippen LogP) is 1.88. The van der Waals surface area contributed by atoms with Gasteiger partial charge in [0.1, 0.15) is 5.82 Å². The van der Waals surface area contributed by atoms with Gasteiger partial charge in [-0.1, -0.05) is 5.16 Å². The van der Waals surface area contributed by atoms with Crippen molar-refractivity contribution in [2.24, 2.45) is 0 Å². The molecule has 82 valence electrons. The molecule has 0 fully saturated rings. The summed E-state index contributed by atoms with van der Waals surface area (Å²) in [6.45, 7) is 1.59. The van der Waals surface area contributed by atoms with Crippen molar-refractivity contribution >= 4 is 5.97 Å². The molecular weight excluding hydrogens is 215 g/mol. The molecule has 0 unspecified atom stereocenters. The summed E-state index contributed by atoms with van der Waals surface area (Å²) in [5.41, 5.74) is 0.117. The molecule has 6 heteroatoms. The standard InChI is InChI=1S/C10H7FN2O3/c1-5-12-9(13-16-5)6-2-7(10(14)15)4-8(11)3-6/h2-4H,1H3,(H,14,15). The zero-order valence-corrected chi connectivity index (χ0v) is 8.27. The number of benzene rings is 1. The largest absolute Gasteiger partial charge is 0.478 e. The number of halogens is 1. The van der Waals surface area contributed by atoms with E-state index in [1.165, 1.54) is 6.07 Å². The van der Waals surface area contributed by atoms with Gasteiger partial charge < -0.3 is 9.63 Å². The Bertz CT molecular complexity index is 551. The molecule has 1 N–H and O–H groups in total. The molecule has 0 amide bonds. The van der Waals surface area contributed by atoms with Crippen molar-refractivity contribution in [3.05, 3.63) is 35.5 Å². The minimum atomic E-state index is -1.21. The van der Waals surface area contributed by atoms with Crippen LogP contribution in [0.2, 0.25) is 0 Å². The Balaban J connectivity index is 2.53. The predicted molar refractivity (Wildman–Crippen MR) is 51.4 cm³/mol. The number of aromatic nitrogens is 2. The molecule has 0 radical (unpaired) electrons. The smallest absolute Gasteiger partial charge is 0.335 e. The van der Waals surface area contributed by atoms with Gasteiger partial charge in [0.25, 0.3) is 0 Å². The number of aryl methyl sites for hydroxylation is 1. The summed E-state index contributed by atoms with van der Waals surface area (Å²) >= 11 is 0. The second-order valence-corrected chi connectivity index (χ2v) is 3.17. The first-order chi connectivity index (χ1) is 7.56. The molecule has 0 aliphatic carbocycles. The summed E-state index contributed by atoms with van der Waals surface area (Å²) in [5.74, 6) is -1.37. The van der Waals surface area contributed by atoms with Crippen LogP contribution in [0.4, 0.5) is 4.39 Å². The third kappa shape index (κ3) is 1.90. The van der Waals surface area contributed by atoms with Gasteiger partial charge in [-0.05, 0) is 18.2 Å². The molecule has 0 aliphatic rings. The van der Waals surface area contributed by atoms with Crippen molar-refractivity contribution < 1.29 is 18.8 Å². The quantitative estimate of drug-likeness (QED) is 0.839. The molecule has 0 aliphatic heterocycles. The number of carboxylic acid groups (broad SMARTS) is 1. The van der Waals surface area contributed by atoms with Crippen LogP contribution in [-0.4, -0.2) is 21.2 Å². The summed E-state index contributed by atoms with van der Waals surface area (Å²) in [5, 5.41) is 12.3. The maximum absolute atomic E-state index is 13.1. The molecule has 1 heterocycles. The van der Waals surface area contributed by atoms with Gasteiger partial charge in [0.2, 0.25) is 11.7 Å². The topological polar surface area (TPSA) is 76.2 Å². The molecule has 0 saturated carbocycles. The Morgan fingerprint density at radius 2 is 2.19 bits per heavy atom. The van der Waals surface area contributed by atoms with E-state index >= 15 is 0 Å². The molecule has 1 aromatic heterocycles. The number of carboxylic acids is 1. The first-order valence-electron chi connectivity index (χ1n) is 4.41. The van der Waals surface area contributed by atoms with Crippen molar-refractivity contribution in [3.63, 3.8) is 0 Å². The van der Waals surface area contributed by atoms with Gasteiger partial charge in [-0.25, -0.2) is 9.18 Å². The molecule has 2 aromatic rings. The highest BCUT2D eigenvalue weighted by molar-refractivity contribution is 5.89. The lowest BCUT2D eigenvalue weighted by atomic mass is 10.1. The fraction of sp³-hybridized carbons (Fsp3) is 0.100. The third-order valence-electron chi connectivity index (χ3n) is 1.93. The fourth-order valence-corrected chi connectivity index (χ4v) is 1.26. The van der Waals surface area contributed by atoms with Gasteiger partial charge >= 0.3 is 5.97 Å². The van der Waals surface area contributed by atoms with Crippen molar-refractivity contribution in [1.29, 1.82) is 0 Å². The van der Waals surface area contributed by atoms with Crippen molar-refractivity contribution in [3.8, 4) is 11.4 Å². The highest BCUT2D eigenvalue weighted by atomic mass is 19.1. The summed E-state index contributed by atoms with van der Waals surface area (Å²) in [4.78, 5) is 14.6. The minimum absolute atomic E-state index is 0.155. The molecule has 0 saturated heterocycles. The Labute approximate surface area is 89.5 Å². The lowest BCUT2D eigenvalue weighted by Crippen LogP contribution is -1.98. The minimum Gasteiger partial charge on any atom is -0.478 e. The summed E-state index contributed by atoms with van der Waals surface area (Å²) in [7, 11) is 0. The average Bonchev–Trinajstić information content (AvgIpc) is 2.64. The molecule has 16 heavy (non-hydrogen) atoms. The summed E-state index contributed by atoms with van der Waals surface area (Å²) in [6.07, 6.45) is 0. The van der Waals surface area contributed by atoms with Gasteiger partial charge in [0, 0.05) is 12.5 Å². The van der Waals surface area contributed by atoms with E-state index in [1.807, 2.05) is 0 Å². The zero-order valence-electron chi connectivity index (χ0n) is 8.27. The maximum atomic E-state index is 13.1. The lowest BCUT2D eigenvalue weighted by molar-refractivity contribution is 0.0696. The van der Waals surface area contributed by atoms with Gasteiger partial charge in [-0.15, -0.1) is 0 Å². The molecule has 0 spiro atoms. The van der Waals surface area contributed by atoms with Crippen molar-refractivity contribution in [2.45, 2.75) is 6.92 Å². The monoisotopic (exact) mass is 222 g/mol. The highest BCUT2D eigenvalue weighted by Crippen LogP contribution is 2.19. The maximum Gasteiger partial charge on any atom is 0.335 e. The van der Waals surface area contributed by atoms with Gasteiger partial charge in [0.15, 0.2) is 0 Å². The summed E-state index contributed by atoms with van der Waals surface area (Å²) in [6, 6.07) is 3.37. The zero-order chi connectivity index (χ0) is 11.7. The van der Waals surface area contributed by atoms with Gasteiger partial charge in [-0.3, -0.25) is 0 Å². The van der Waals surface area contributed by atoms with Crippen LogP contribution in [0.3, 0.4) is 0 Å². The molecule has 1 aromatic carbocycles. The van der Waals surface area contributed by atoms with E-state index in [1.54, 1.807) is 6.92 Å². The first-order valence-corrected chi connectivity index (χ1v) is 4.41. The van der Waals surface area contributed by atoms with E-state index in [2.05, 4.69) is 10.1 Å². The van der Waals surface area contributed by atoms with Gasteiger partial charge in [0.05, 0.1) is 5.56 Å². The van der Waals surface area contributed by atoms with E-state index < -0.39 is 11.8 Å². The Morgan fingerprint density at radius 3 is 2.75 bits per heavy atom. The second kappa shape index (κ2) is 3.73. The normalized spacial score (nSPS) is 10.4. The number of carbonyl (C=O) groups is 1. The van der Waals surface area contributed by atoms with Crippen LogP contribution in [0, 0.1) is 12.7 Å². The number of rotatable bonds is 2. The average molecular weight is 222 g/mol. The second-order valence-electron chi connectivity index (χ2n) is 3.17. The van der Waals surface area contributed by atoms with Gasteiger partial charge in [-0.2, -0.15) is 4.98 Å². The van der Waals surface area contributed by atoms with E-state index in [-0.39, 0.29) is 17.0 Å². The molecular formula is C10H7FN2O3. The first kappa shape index (κ1) is 10.3. The van der Waals surface area contributed by atoms with E-state index in [0.29, 0.717) is 5.89 Å². The molecule has 2 rings (SSSR count). The van der Waals surface area contributed by atoms with E-state index in [0.717, 1.165) is 12.1 Å². The van der Waals surface area contributed by atoms with Crippen molar-refractivity contribution in [1.82, 2.24) is 10.1 Å². The van der Waals surface area contributed by atoms with Crippen LogP contribution < -0.4 is 0 Å². The SMILES string of the molecule is Cc1nc(-c2cc(F)cc(C(=O)O)c2)no1. The Hall–Kier alpha value is -2.24.